The van der Waals surface area contributed by atoms with E-state index in [1.807, 2.05) is 0 Å². The second-order valence-electron chi connectivity index (χ2n) is 3.34. The summed E-state index contributed by atoms with van der Waals surface area (Å²) in [5, 5.41) is 2.11. The van der Waals surface area contributed by atoms with Crippen molar-refractivity contribution in [1.82, 2.24) is 4.98 Å². The van der Waals surface area contributed by atoms with Crippen molar-refractivity contribution in [2.45, 2.75) is 19.3 Å². The standard InChI is InChI=1S/C9H11F4N3/c1-5-3-15-7(2-6(5)14)16-4-9(12,13)8(10)11/h2-3,8H,4H2,1H3,(H3,14,15,16). The van der Waals surface area contributed by atoms with E-state index in [9.17, 15) is 17.6 Å². The molecule has 0 spiro atoms. The monoisotopic (exact) mass is 237 g/mol. The van der Waals surface area contributed by atoms with Crippen molar-refractivity contribution in [1.29, 1.82) is 0 Å². The zero-order chi connectivity index (χ0) is 12.3. The number of alkyl halides is 4. The van der Waals surface area contributed by atoms with Crippen LogP contribution in [0.15, 0.2) is 12.3 Å². The van der Waals surface area contributed by atoms with Crippen molar-refractivity contribution in [3.63, 3.8) is 0 Å². The number of aryl methyl sites for hydroxylation is 1. The number of anilines is 2. The van der Waals surface area contributed by atoms with E-state index in [0.29, 0.717) is 11.3 Å². The van der Waals surface area contributed by atoms with Crippen LogP contribution in [-0.2, 0) is 0 Å². The van der Waals surface area contributed by atoms with Crippen molar-refractivity contribution in [3.8, 4) is 0 Å². The van der Waals surface area contributed by atoms with Gasteiger partial charge in [-0.15, -0.1) is 0 Å². The minimum absolute atomic E-state index is 0.0448. The van der Waals surface area contributed by atoms with Gasteiger partial charge in [0, 0.05) is 18.0 Å². The van der Waals surface area contributed by atoms with Crippen LogP contribution in [0.25, 0.3) is 0 Å². The molecule has 0 atom stereocenters. The Morgan fingerprint density at radius 3 is 2.62 bits per heavy atom. The van der Waals surface area contributed by atoms with Crippen LogP contribution < -0.4 is 11.1 Å². The number of nitrogens with two attached hydrogens (primary N) is 1. The maximum atomic E-state index is 12.5. The Bertz CT molecular complexity index is 368. The Kier molecular flexibility index (Phi) is 3.56. The first-order valence-electron chi connectivity index (χ1n) is 4.45. The molecule has 7 heteroatoms. The molecule has 0 aliphatic carbocycles. The van der Waals surface area contributed by atoms with Gasteiger partial charge in [-0.25, -0.2) is 13.8 Å². The lowest BCUT2D eigenvalue weighted by Crippen LogP contribution is -2.35. The third-order valence-corrected chi connectivity index (χ3v) is 1.97. The van der Waals surface area contributed by atoms with Gasteiger partial charge in [-0.2, -0.15) is 8.78 Å². The van der Waals surface area contributed by atoms with E-state index >= 15 is 0 Å². The first-order chi connectivity index (χ1) is 7.33. The van der Waals surface area contributed by atoms with Gasteiger partial charge >= 0.3 is 12.3 Å². The number of pyridine rings is 1. The highest BCUT2D eigenvalue weighted by atomic mass is 19.3. The van der Waals surface area contributed by atoms with Crippen LogP contribution in [0.5, 0.6) is 0 Å². The molecule has 0 fully saturated rings. The Morgan fingerprint density at radius 2 is 2.12 bits per heavy atom. The van der Waals surface area contributed by atoms with Crippen LogP contribution in [0.3, 0.4) is 0 Å². The van der Waals surface area contributed by atoms with Gasteiger partial charge in [0.15, 0.2) is 0 Å². The average Bonchev–Trinajstić information content (AvgIpc) is 2.20. The van der Waals surface area contributed by atoms with Gasteiger partial charge in [0.05, 0.1) is 6.54 Å². The SMILES string of the molecule is Cc1cnc(NCC(F)(F)C(F)F)cc1N. The maximum Gasteiger partial charge on any atom is 0.324 e. The smallest absolute Gasteiger partial charge is 0.324 e. The fraction of sp³-hybridized carbons (Fsp3) is 0.444. The highest BCUT2D eigenvalue weighted by Crippen LogP contribution is 2.23. The van der Waals surface area contributed by atoms with Gasteiger partial charge in [-0.05, 0) is 12.5 Å². The predicted molar refractivity (Wildman–Crippen MR) is 52.8 cm³/mol. The molecule has 0 aromatic carbocycles. The molecule has 0 unspecified atom stereocenters. The highest BCUT2D eigenvalue weighted by Gasteiger charge is 2.40. The largest absolute Gasteiger partial charge is 0.398 e. The van der Waals surface area contributed by atoms with Crippen molar-refractivity contribution in [2.24, 2.45) is 0 Å². The fourth-order valence-corrected chi connectivity index (χ4v) is 0.922. The molecule has 0 aliphatic heterocycles. The Balaban J connectivity index is 2.65. The van der Waals surface area contributed by atoms with E-state index in [1.54, 1.807) is 6.92 Å². The molecular weight excluding hydrogens is 226 g/mol. The van der Waals surface area contributed by atoms with E-state index < -0.39 is 18.9 Å². The van der Waals surface area contributed by atoms with E-state index in [1.165, 1.54) is 12.3 Å². The van der Waals surface area contributed by atoms with Crippen molar-refractivity contribution in [2.75, 3.05) is 17.6 Å². The summed E-state index contributed by atoms with van der Waals surface area (Å²) in [6, 6.07) is 1.32. The highest BCUT2D eigenvalue weighted by molar-refractivity contribution is 5.53. The summed E-state index contributed by atoms with van der Waals surface area (Å²) in [5.41, 5.74) is 6.55. The van der Waals surface area contributed by atoms with Crippen LogP contribution in [0.2, 0.25) is 0 Å². The fourth-order valence-electron chi connectivity index (χ4n) is 0.922. The molecule has 0 saturated carbocycles. The molecule has 0 radical (unpaired) electrons. The Hall–Kier alpha value is -1.53. The molecular formula is C9H11F4N3. The molecule has 1 rings (SSSR count). The number of aromatic nitrogens is 1. The molecule has 0 amide bonds. The van der Waals surface area contributed by atoms with Gasteiger partial charge in [0.1, 0.15) is 5.82 Å². The number of nitrogen functional groups attached to an aromatic ring is 1. The van der Waals surface area contributed by atoms with Crippen molar-refractivity contribution in [3.05, 3.63) is 17.8 Å². The zero-order valence-corrected chi connectivity index (χ0v) is 8.48. The molecule has 0 aliphatic rings. The average molecular weight is 237 g/mol. The third-order valence-electron chi connectivity index (χ3n) is 1.97. The van der Waals surface area contributed by atoms with Crippen molar-refractivity contribution < 1.29 is 17.6 Å². The third kappa shape index (κ3) is 2.98. The molecule has 3 nitrogen and oxygen atoms in total. The lowest BCUT2D eigenvalue weighted by molar-refractivity contribution is -0.117. The lowest BCUT2D eigenvalue weighted by Gasteiger charge is -2.16. The lowest BCUT2D eigenvalue weighted by atomic mass is 10.2. The number of rotatable bonds is 4. The van der Waals surface area contributed by atoms with Gasteiger partial charge in [-0.1, -0.05) is 0 Å². The van der Waals surface area contributed by atoms with Crippen molar-refractivity contribution >= 4 is 11.5 Å². The predicted octanol–water partition coefficient (Wildman–Crippen LogP) is 2.28. The number of nitrogens with one attached hydrogen (secondary N) is 1. The first kappa shape index (κ1) is 12.5. The number of nitrogens with zero attached hydrogens (tertiary/aromatic N) is 1. The molecule has 16 heavy (non-hydrogen) atoms. The summed E-state index contributed by atoms with van der Waals surface area (Å²) >= 11 is 0. The number of hydrogen-bond acceptors (Lipinski definition) is 3. The molecule has 0 saturated heterocycles. The summed E-state index contributed by atoms with van der Waals surface area (Å²) in [4.78, 5) is 3.73. The topological polar surface area (TPSA) is 50.9 Å². The normalized spacial score (nSPS) is 11.9. The number of halogens is 4. The number of hydrogen-bond donors (Lipinski definition) is 2. The van der Waals surface area contributed by atoms with Gasteiger partial charge < -0.3 is 11.1 Å². The molecule has 1 aromatic rings. The molecule has 1 aromatic heterocycles. The summed E-state index contributed by atoms with van der Waals surface area (Å²) in [7, 11) is 0. The van der Waals surface area contributed by atoms with Crippen LogP contribution in [0.4, 0.5) is 29.1 Å². The Labute approximate surface area is 89.7 Å². The summed E-state index contributed by atoms with van der Waals surface area (Å²) in [6.07, 6.45) is -2.33. The van der Waals surface area contributed by atoms with Crippen LogP contribution in [-0.4, -0.2) is 23.9 Å². The summed E-state index contributed by atoms with van der Waals surface area (Å²) in [6.45, 7) is 0.514. The van der Waals surface area contributed by atoms with Gasteiger partial charge in [-0.3, -0.25) is 0 Å². The maximum absolute atomic E-state index is 12.5. The molecule has 1 heterocycles. The quantitative estimate of drug-likeness (QED) is 0.790. The van der Waals surface area contributed by atoms with E-state index in [4.69, 9.17) is 5.73 Å². The van der Waals surface area contributed by atoms with Crippen LogP contribution >= 0.6 is 0 Å². The summed E-state index contributed by atoms with van der Waals surface area (Å²) < 4.78 is 48.7. The van der Waals surface area contributed by atoms with E-state index in [2.05, 4.69) is 10.3 Å². The van der Waals surface area contributed by atoms with Crippen LogP contribution in [0, 0.1) is 6.92 Å². The Morgan fingerprint density at radius 1 is 1.50 bits per heavy atom. The van der Waals surface area contributed by atoms with Crippen LogP contribution in [0.1, 0.15) is 5.56 Å². The molecule has 3 N–H and O–H groups in total. The first-order valence-corrected chi connectivity index (χ1v) is 4.45. The van der Waals surface area contributed by atoms with E-state index in [-0.39, 0.29) is 5.82 Å². The van der Waals surface area contributed by atoms with Gasteiger partial charge in [0.2, 0.25) is 0 Å². The second kappa shape index (κ2) is 4.54. The van der Waals surface area contributed by atoms with Gasteiger partial charge in [0.25, 0.3) is 0 Å². The molecule has 90 valence electrons. The second-order valence-corrected chi connectivity index (χ2v) is 3.34. The summed E-state index contributed by atoms with van der Waals surface area (Å²) in [5.74, 6) is -4.04. The minimum Gasteiger partial charge on any atom is -0.398 e. The minimum atomic E-state index is -4.08. The zero-order valence-electron chi connectivity index (χ0n) is 8.48. The van der Waals surface area contributed by atoms with E-state index in [0.717, 1.165) is 0 Å². The molecule has 0 bridgehead atoms.